The molecule has 0 atom stereocenters. The quantitative estimate of drug-likeness (QED) is 0.108. The first kappa shape index (κ1) is 49.3. The average molecular weight is 1010 g/mol. The molecule has 1 saturated heterocycles. The Kier molecular flexibility index (Phi) is 13.6. The van der Waals surface area contributed by atoms with Crippen LogP contribution in [-0.2, 0) is 36.5 Å². The molecule has 0 unspecified atom stereocenters. The summed E-state index contributed by atoms with van der Waals surface area (Å²) in [5.41, 5.74) is 3.95. The van der Waals surface area contributed by atoms with E-state index in [-0.39, 0.29) is 40.9 Å². The Hall–Kier alpha value is -6.66. The highest BCUT2D eigenvalue weighted by molar-refractivity contribution is 9.10. The Morgan fingerprint density at radius 2 is 1.09 bits per heavy atom. The molecule has 1 aliphatic rings. The number of imidazole rings is 2. The first-order chi connectivity index (χ1) is 31.9. The van der Waals surface area contributed by atoms with Gasteiger partial charge in [-0.3, -0.25) is 28.1 Å². The van der Waals surface area contributed by atoms with Crippen LogP contribution in [-0.4, -0.2) is 78.8 Å². The van der Waals surface area contributed by atoms with Gasteiger partial charge in [0.1, 0.15) is 33.6 Å². The van der Waals surface area contributed by atoms with Crippen LogP contribution in [0.1, 0.15) is 41.5 Å². The molecule has 0 amide bonds. The summed E-state index contributed by atoms with van der Waals surface area (Å²) in [7, 11) is 3.36. The van der Waals surface area contributed by atoms with Gasteiger partial charge in [0.15, 0.2) is 0 Å². The third-order valence-electron chi connectivity index (χ3n) is 11.1. The van der Waals surface area contributed by atoms with Gasteiger partial charge in [-0.1, -0.05) is 0 Å². The number of rotatable bonds is 8. The van der Waals surface area contributed by atoms with Crippen molar-refractivity contribution in [2.45, 2.75) is 78.6 Å². The number of fused-ring (bicyclic) bond motifs is 2. The van der Waals surface area contributed by atoms with Crippen LogP contribution in [0.2, 0.25) is 0 Å². The molecule has 0 radical (unpaired) electrons. The Bertz CT molecular complexity index is 3170. The Labute approximate surface area is 392 Å². The predicted molar refractivity (Wildman–Crippen MR) is 244 cm³/mol. The molecule has 7 heterocycles. The fourth-order valence-corrected chi connectivity index (χ4v) is 7.58. The maximum Gasteiger partial charge on any atom is 0.573 e. The zero-order valence-electron chi connectivity index (χ0n) is 37.8. The maximum absolute atomic E-state index is 13.1. The van der Waals surface area contributed by atoms with Crippen LogP contribution in [0.5, 0.6) is 11.5 Å². The van der Waals surface area contributed by atoms with Crippen molar-refractivity contribution < 1.29 is 45.1 Å². The maximum atomic E-state index is 13.1. The van der Waals surface area contributed by atoms with Gasteiger partial charge in [0.05, 0.1) is 34.5 Å². The van der Waals surface area contributed by atoms with Crippen LogP contribution in [0, 0.1) is 0 Å². The third kappa shape index (κ3) is 10.6. The van der Waals surface area contributed by atoms with Crippen LogP contribution in [0.3, 0.4) is 0 Å². The second-order valence-corrected chi connectivity index (χ2v) is 17.2. The van der Waals surface area contributed by atoms with Crippen molar-refractivity contribution in [2.75, 3.05) is 0 Å². The zero-order valence-corrected chi connectivity index (χ0v) is 39.4. The summed E-state index contributed by atoms with van der Waals surface area (Å²) in [6.07, 6.45) is 3.95. The molecule has 0 N–H and O–H groups in total. The van der Waals surface area contributed by atoms with Gasteiger partial charge >= 0.3 is 19.8 Å². The predicted octanol–water partition coefficient (Wildman–Crippen LogP) is 8.09. The Morgan fingerprint density at radius 1 is 0.647 bits per heavy atom. The zero-order chi connectivity index (χ0) is 49.5. The number of nitrogens with zero attached hydrogens (tertiary/aromatic N) is 10. The van der Waals surface area contributed by atoms with E-state index in [1.807, 2.05) is 54.8 Å². The standard InChI is InChI=1S/C19H16F3N5O2.C15H11BrF3N3O2.C10H17BN2O2/c1-3-26-11-23-16-15(12-8-24-25(2)9-12)10-27(18(28)17(16)26)13-4-6-14(7-5-13)29-19(20,21)22;1-2-21-8-20-12-11(16)7-22(14(23)13(12)21)9-3-5-10(6-4-9)24-15(17,18)19;1-9(2)10(3,4)15-11(14-9)8-6-12-13(5)7-8/h4-11H,3H2,1-2H3;3-8H,2H2,1H3;6-7H,1-5H3. The first-order valence-corrected chi connectivity index (χ1v) is 21.6. The van der Waals surface area contributed by atoms with E-state index in [1.54, 1.807) is 63.0 Å². The molecule has 24 heteroatoms. The van der Waals surface area contributed by atoms with E-state index in [0.717, 1.165) is 23.2 Å². The number of pyridine rings is 2. The number of alkyl halides is 6. The number of halogens is 7. The molecule has 358 valence electrons. The molecule has 9 rings (SSSR count). The minimum absolute atomic E-state index is 0.284. The molecule has 6 aromatic heterocycles. The SMILES string of the molecule is CCn1cnc2c(-c3cnn(C)c3)cn(-c3ccc(OC(F)(F)F)cc3)c(=O)c21.CCn1cnc2c(Br)cn(-c3ccc(OC(F)(F)F)cc3)c(=O)c21.Cn1cc(B2OC(C)(C)C(C)(C)O2)cn1. The first-order valence-electron chi connectivity index (χ1n) is 20.8. The second-order valence-electron chi connectivity index (χ2n) is 16.3. The number of hydrogen-bond acceptors (Lipinski definition) is 10. The van der Waals surface area contributed by atoms with Crippen molar-refractivity contribution in [3.05, 3.63) is 124 Å². The van der Waals surface area contributed by atoms with Gasteiger partial charge in [-0.05, 0) is 106 Å². The van der Waals surface area contributed by atoms with Gasteiger partial charge in [0, 0.05) is 86.1 Å². The fraction of sp³-hybridized carbons (Fsp3) is 0.318. The van der Waals surface area contributed by atoms with E-state index in [2.05, 4.69) is 45.6 Å². The Morgan fingerprint density at radius 3 is 1.51 bits per heavy atom. The summed E-state index contributed by atoms with van der Waals surface area (Å²) in [5, 5.41) is 8.28. The van der Waals surface area contributed by atoms with E-state index >= 15 is 0 Å². The van der Waals surface area contributed by atoms with Crippen molar-refractivity contribution in [1.29, 1.82) is 0 Å². The summed E-state index contributed by atoms with van der Waals surface area (Å²) >= 11 is 3.37. The molecule has 68 heavy (non-hydrogen) atoms. The summed E-state index contributed by atoms with van der Waals surface area (Å²) in [6, 6.07) is 10.2. The number of hydrogen-bond donors (Lipinski definition) is 0. The normalized spacial score (nSPS) is 14.4. The lowest BCUT2D eigenvalue weighted by molar-refractivity contribution is -0.275. The molecule has 1 fully saturated rings. The van der Waals surface area contributed by atoms with E-state index in [9.17, 15) is 35.9 Å². The molecule has 0 saturated carbocycles. The molecule has 0 spiro atoms. The lowest BCUT2D eigenvalue weighted by Gasteiger charge is -2.32. The third-order valence-corrected chi connectivity index (χ3v) is 11.7. The van der Waals surface area contributed by atoms with Crippen molar-refractivity contribution in [1.82, 2.24) is 47.8 Å². The Balaban J connectivity index is 0.000000158. The topological polar surface area (TPSA) is 152 Å². The number of aromatic nitrogens is 10. The molecule has 0 aliphatic carbocycles. The van der Waals surface area contributed by atoms with E-state index in [0.29, 0.717) is 56.6 Å². The van der Waals surface area contributed by atoms with Gasteiger partial charge < -0.3 is 27.9 Å². The van der Waals surface area contributed by atoms with Crippen molar-refractivity contribution in [2.24, 2.45) is 14.1 Å². The molecular weight excluding hydrogens is 969 g/mol. The van der Waals surface area contributed by atoms with Gasteiger partial charge in [-0.25, -0.2) is 9.97 Å². The number of ether oxygens (including phenoxy) is 2. The average Bonchev–Trinajstić information content (AvgIpc) is 4.11. The summed E-state index contributed by atoms with van der Waals surface area (Å²) < 4.78 is 104. The molecular formula is C44H44BBrF6N10O6. The van der Waals surface area contributed by atoms with Crippen molar-refractivity contribution in [3.8, 4) is 34.0 Å². The number of aryl methyl sites for hydroxylation is 4. The highest BCUT2D eigenvalue weighted by Crippen LogP contribution is 2.36. The highest BCUT2D eigenvalue weighted by Gasteiger charge is 2.52. The van der Waals surface area contributed by atoms with E-state index < -0.39 is 12.7 Å². The molecule has 16 nitrogen and oxygen atoms in total. The minimum atomic E-state index is -4.78. The van der Waals surface area contributed by atoms with Gasteiger partial charge in [-0.15, -0.1) is 26.3 Å². The molecule has 0 bridgehead atoms. The summed E-state index contributed by atoms with van der Waals surface area (Å²) in [5.74, 6) is -0.709. The van der Waals surface area contributed by atoms with Crippen LogP contribution in [0.4, 0.5) is 26.3 Å². The molecule has 2 aromatic carbocycles. The van der Waals surface area contributed by atoms with Gasteiger partial charge in [-0.2, -0.15) is 10.2 Å². The minimum Gasteiger partial charge on any atom is -0.406 e. The highest BCUT2D eigenvalue weighted by atomic mass is 79.9. The smallest absolute Gasteiger partial charge is 0.406 e. The van der Waals surface area contributed by atoms with Gasteiger partial charge in [0.25, 0.3) is 11.1 Å². The number of benzene rings is 2. The summed E-state index contributed by atoms with van der Waals surface area (Å²) in [6.45, 7) is 13.1. The van der Waals surface area contributed by atoms with Crippen LogP contribution in [0.15, 0.2) is 112 Å². The fourth-order valence-electron chi connectivity index (χ4n) is 7.09. The lowest BCUT2D eigenvalue weighted by atomic mass is 9.82. The summed E-state index contributed by atoms with van der Waals surface area (Å²) in [4.78, 5) is 34.4. The van der Waals surface area contributed by atoms with Gasteiger partial charge in [0.2, 0.25) is 0 Å². The van der Waals surface area contributed by atoms with Crippen molar-refractivity contribution >= 4 is 50.6 Å². The van der Waals surface area contributed by atoms with E-state index in [1.165, 1.54) is 51.7 Å². The van der Waals surface area contributed by atoms with Crippen LogP contribution < -0.4 is 26.1 Å². The largest absolute Gasteiger partial charge is 0.573 e. The van der Waals surface area contributed by atoms with Crippen LogP contribution in [0.25, 0.3) is 44.6 Å². The second kappa shape index (κ2) is 18.8. The van der Waals surface area contributed by atoms with Crippen LogP contribution >= 0.6 is 15.9 Å². The molecule has 8 aromatic rings. The molecule has 1 aliphatic heterocycles. The monoisotopic (exact) mass is 1010 g/mol. The van der Waals surface area contributed by atoms with Crippen molar-refractivity contribution in [3.63, 3.8) is 0 Å². The van der Waals surface area contributed by atoms with E-state index in [4.69, 9.17) is 9.31 Å². The lowest BCUT2D eigenvalue weighted by Crippen LogP contribution is -2.41.